The van der Waals surface area contributed by atoms with Crippen molar-refractivity contribution < 1.29 is 4.79 Å². The van der Waals surface area contributed by atoms with Gasteiger partial charge >= 0.3 is 0 Å². The van der Waals surface area contributed by atoms with Crippen molar-refractivity contribution in [3.63, 3.8) is 0 Å². The van der Waals surface area contributed by atoms with E-state index in [0.717, 1.165) is 17.7 Å². The van der Waals surface area contributed by atoms with Crippen molar-refractivity contribution in [2.75, 3.05) is 19.1 Å². The predicted molar refractivity (Wildman–Crippen MR) is 71.0 cm³/mol. The minimum absolute atomic E-state index is 0.106. The van der Waals surface area contributed by atoms with Crippen molar-refractivity contribution in [3.8, 4) is 0 Å². The zero-order valence-electron chi connectivity index (χ0n) is 10.1. The Morgan fingerprint density at radius 1 is 1.38 bits per heavy atom. The number of thioether (sulfide) groups is 1. The van der Waals surface area contributed by atoms with Crippen LogP contribution in [0, 0.1) is 0 Å². The molecule has 0 aliphatic heterocycles. The van der Waals surface area contributed by atoms with Gasteiger partial charge in [0.05, 0.1) is 0 Å². The van der Waals surface area contributed by atoms with E-state index in [0.29, 0.717) is 6.04 Å². The number of amides is 1. The van der Waals surface area contributed by atoms with E-state index >= 15 is 0 Å². The molecule has 0 aliphatic carbocycles. The molecule has 0 bridgehead atoms. The normalized spacial score (nSPS) is 12.2. The molecule has 0 N–H and O–H groups in total. The Morgan fingerprint density at radius 3 is 2.56 bits per heavy atom. The Labute approximate surface area is 102 Å². The number of hydrogen-bond acceptors (Lipinski definition) is 2. The van der Waals surface area contributed by atoms with Crippen LogP contribution < -0.4 is 0 Å². The van der Waals surface area contributed by atoms with Crippen LogP contribution in [0.1, 0.15) is 23.7 Å². The van der Waals surface area contributed by atoms with Gasteiger partial charge in [0.2, 0.25) is 0 Å². The third-order valence-electron chi connectivity index (χ3n) is 2.74. The van der Waals surface area contributed by atoms with Crippen LogP contribution in [-0.4, -0.2) is 35.9 Å². The van der Waals surface area contributed by atoms with E-state index in [9.17, 15) is 4.79 Å². The van der Waals surface area contributed by atoms with Crippen LogP contribution in [0.2, 0.25) is 0 Å². The van der Waals surface area contributed by atoms with E-state index in [4.69, 9.17) is 0 Å². The molecule has 0 spiro atoms. The van der Waals surface area contributed by atoms with Gasteiger partial charge in [-0.2, -0.15) is 11.8 Å². The average Bonchev–Trinajstić information content (AvgIpc) is 2.35. The quantitative estimate of drug-likeness (QED) is 0.785. The highest BCUT2D eigenvalue weighted by atomic mass is 32.2. The monoisotopic (exact) mass is 237 g/mol. The third kappa shape index (κ3) is 3.56. The molecule has 0 heterocycles. The van der Waals surface area contributed by atoms with Gasteiger partial charge in [0.15, 0.2) is 0 Å². The van der Waals surface area contributed by atoms with Gasteiger partial charge in [0.1, 0.15) is 0 Å². The summed E-state index contributed by atoms with van der Waals surface area (Å²) in [6, 6.07) is 9.73. The molecular weight excluding hydrogens is 218 g/mol. The van der Waals surface area contributed by atoms with Crippen LogP contribution in [0.15, 0.2) is 30.3 Å². The van der Waals surface area contributed by atoms with E-state index in [1.807, 2.05) is 54.0 Å². The fourth-order valence-corrected chi connectivity index (χ4v) is 2.04. The molecule has 0 aromatic heterocycles. The minimum Gasteiger partial charge on any atom is -0.339 e. The van der Waals surface area contributed by atoms with Gasteiger partial charge in [0, 0.05) is 18.7 Å². The SMILES string of the molecule is CSCCC(C)N(C)C(=O)c1ccccc1. The smallest absolute Gasteiger partial charge is 0.253 e. The molecule has 1 aromatic carbocycles. The Morgan fingerprint density at radius 2 is 2.00 bits per heavy atom. The maximum Gasteiger partial charge on any atom is 0.253 e. The van der Waals surface area contributed by atoms with Crippen LogP contribution in [0.25, 0.3) is 0 Å². The number of benzene rings is 1. The maximum atomic E-state index is 12.1. The molecule has 1 amide bonds. The Kier molecular flexibility index (Phi) is 5.39. The number of carbonyl (C=O) groups is 1. The first-order chi connectivity index (χ1) is 7.66. The van der Waals surface area contributed by atoms with E-state index < -0.39 is 0 Å². The standard InChI is InChI=1S/C13H19NOS/c1-11(9-10-16-3)14(2)13(15)12-7-5-4-6-8-12/h4-8,11H,9-10H2,1-3H3. The van der Waals surface area contributed by atoms with E-state index in [2.05, 4.69) is 13.2 Å². The lowest BCUT2D eigenvalue weighted by Gasteiger charge is -2.24. The third-order valence-corrected chi connectivity index (χ3v) is 3.39. The van der Waals surface area contributed by atoms with Crippen LogP contribution in [-0.2, 0) is 0 Å². The maximum absolute atomic E-state index is 12.1. The molecule has 0 aliphatic rings. The lowest BCUT2D eigenvalue weighted by Crippen LogP contribution is -2.35. The molecule has 2 nitrogen and oxygen atoms in total. The highest BCUT2D eigenvalue weighted by Gasteiger charge is 2.16. The molecule has 16 heavy (non-hydrogen) atoms. The molecular formula is C13H19NOS. The summed E-state index contributed by atoms with van der Waals surface area (Å²) in [5.41, 5.74) is 0.765. The fraction of sp³-hybridized carbons (Fsp3) is 0.462. The van der Waals surface area contributed by atoms with Gasteiger partial charge in [-0.05, 0) is 37.5 Å². The second kappa shape index (κ2) is 6.59. The van der Waals surface area contributed by atoms with Crippen LogP contribution in [0.3, 0.4) is 0 Å². The first kappa shape index (κ1) is 13.1. The number of nitrogens with zero attached hydrogens (tertiary/aromatic N) is 1. The second-order valence-electron chi connectivity index (χ2n) is 3.91. The summed E-state index contributed by atoms with van der Waals surface area (Å²) in [5.74, 6) is 1.20. The molecule has 1 atom stereocenters. The lowest BCUT2D eigenvalue weighted by molar-refractivity contribution is 0.0741. The molecule has 0 saturated heterocycles. The lowest BCUT2D eigenvalue weighted by atomic mass is 10.1. The molecule has 1 unspecified atom stereocenters. The molecule has 88 valence electrons. The fourth-order valence-electron chi connectivity index (χ4n) is 1.47. The van der Waals surface area contributed by atoms with E-state index in [1.54, 1.807) is 0 Å². The highest BCUT2D eigenvalue weighted by Crippen LogP contribution is 2.10. The summed E-state index contributed by atoms with van der Waals surface area (Å²) in [4.78, 5) is 13.9. The van der Waals surface area contributed by atoms with E-state index in [-0.39, 0.29) is 5.91 Å². The first-order valence-corrected chi connectivity index (χ1v) is 6.87. The molecule has 0 saturated carbocycles. The van der Waals surface area contributed by atoms with Gasteiger partial charge in [-0.15, -0.1) is 0 Å². The van der Waals surface area contributed by atoms with Gasteiger partial charge in [0.25, 0.3) is 5.91 Å². The predicted octanol–water partition coefficient (Wildman–Crippen LogP) is 2.90. The minimum atomic E-state index is 0.106. The largest absolute Gasteiger partial charge is 0.339 e. The summed E-state index contributed by atoms with van der Waals surface area (Å²) in [7, 11) is 1.88. The van der Waals surface area contributed by atoms with Crippen molar-refractivity contribution in [2.24, 2.45) is 0 Å². The Bertz CT molecular complexity index is 326. The molecule has 0 fully saturated rings. The van der Waals surface area contributed by atoms with Crippen molar-refractivity contribution in [2.45, 2.75) is 19.4 Å². The summed E-state index contributed by atoms with van der Waals surface area (Å²) in [6.45, 7) is 2.09. The van der Waals surface area contributed by atoms with Crippen LogP contribution in [0.5, 0.6) is 0 Å². The number of hydrogen-bond donors (Lipinski definition) is 0. The summed E-state index contributed by atoms with van der Waals surface area (Å²) in [6.07, 6.45) is 3.13. The zero-order chi connectivity index (χ0) is 12.0. The number of rotatable bonds is 5. The Hall–Kier alpha value is -0.960. The molecule has 1 rings (SSSR count). The number of carbonyl (C=O) groups excluding carboxylic acids is 1. The van der Waals surface area contributed by atoms with Crippen molar-refractivity contribution in [1.29, 1.82) is 0 Å². The van der Waals surface area contributed by atoms with Gasteiger partial charge in [-0.25, -0.2) is 0 Å². The molecule has 3 heteroatoms. The summed E-state index contributed by atoms with van der Waals surface area (Å²) in [5, 5.41) is 0. The van der Waals surface area contributed by atoms with Crippen LogP contribution in [0.4, 0.5) is 0 Å². The Balaban J connectivity index is 2.60. The summed E-state index contributed by atoms with van der Waals surface area (Å²) >= 11 is 1.82. The van der Waals surface area contributed by atoms with Gasteiger partial charge in [-0.1, -0.05) is 18.2 Å². The van der Waals surface area contributed by atoms with Crippen LogP contribution >= 0.6 is 11.8 Å². The topological polar surface area (TPSA) is 20.3 Å². The highest BCUT2D eigenvalue weighted by molar-refractivity contribution is 7.98. The zero-order valence-corrected chi connectivity index (χ0v) is 11.0. The van der Waals surface area contributed by atoms with Crippen molar-refractivity contribution in [3.05, 3.63) is 35.9 Å². The van der Waals surface area contributed by atoms with Crippen molar-refractivity contribution in [1.82, 2.24) is 4.90 Å². The first-order valence-electron chi connectivity index (χ1n) is 5.48. The second-order valence-corrected chi connectivity index (χ2v) is 4.90. The van der Waals surface area contributed by atoms with Crippen molar-refractivity contribution >= 4 is 17.7 Å². The molecule has 0 radical (unpaired) electrons. The van der Waals surface area contributed by atoms with E-state index in [1.165, 1.54) is 0 Å². The van der Waals surface area contributed by atoms with Gasteiger partial charge in [-0.3, -0.25) is 4.79 Å². The molecule has 1 aromatic rings. The summed E-state index contributed by atoms with van der Waals surface area (Å²) < 4.78 is 0. The average molecular weight is 237 g/mol. The van der Waals surface area contributed by atoms with Gasteiger partial charge < -0.3 is 4.90 Å².